The van der Waals surface area contributed by atoms with Gasteiger partial charge in [-0.2, -0.15) is 0 Å². The van der Waals surface area contributed by atoms with Crippen molar-refractivity contribution in [2.24, 2.45) is 0 Å². The van der Waals surface area contributed by atoms with Gasteiger partial charge in [-0.1, -0.05) is 0 Å². The van der Waals surface area contributed by atoms with E-state index in [9.17, 15) is 4.79 Å². The normalized spacial score (nSPS) is 6.12. The molecule has 0 heterocycles. The Balaban J connectivity index is 0. The predicted octanol–water partition coefficient (Wildman–Crippen LogP) is 0.448. The number of ether oxygens (including phenoxy) is 1. The molecule has 0 aliphatic heterocycles. The fourth-order valence-corrected chi connectivity index (χ4v) is 0.203. The predicted molar refractivity (Wildman–Crippen MR) is 23.0 cm³/mol. The van der Waals surface area contributed by atoms with Crippen LogP contribution < -0.4 is 0 Å². The zero-order valence-electron chi connectivity index (χ0n) is 4.93. The van der Waals surface area contributed by atoms with Crippen LogP contribution in [0.25, 0.3) is 0 Å². The first kappa shape index (κ1) is 11.0. The van der Waals surface area contributed by atoms with Gasteiger partial charge in [-0.3, -0.25) is 4.79 Å². The standard InChI is InChI=1S/C4H8O2.O.Zr/c1-3-6-4(2)5;;/h3H2,1-2H3;;. The summed E-state index contributed by atoms with van der Waals surface area (Å²) in [7, 11) is 0. The zero-order chi connectivity index (χ0) is 6.99. The van der Waals surface area contributed by atoms with Gasteiger partial charge >= 0.3 is 33.5 Å². The number of carbonyl (C=O) groups is 1. The molecular formula is C4H8O3Zr. The molecule has 0 aromatic rings. The number of carbonyl (C=O) groups excluding carboxylic acids is 1. The molecule has 0 aromatic carbocycles. The third-order valence-electron chi connectivity index (χ3n) is 0.348. The van der Waals surface area contributed by atoms with Crippen molar-refractivity contribution in [3.05, 3.63) is 0 Å². The molecule has 0 spiro atoms. The fraction of sp³-hybridized carbons (Fsp3) is 0.750. The molecule has 0 aliphatic rings. The Kier molecular flexibility index (Phi) is 14.0. The Bertz CT molecular complexity index is 64.3. The van der Waals surface area contributed by atoms with Crippen LogP contribution in [0.2, 0.25) is 0 Å². The van der Waals surface area contributed by atoms with Gasteiger partial charge in [0.2, 0.25) is 0 Å². The van der Waals surface area contributed by atoms with E-state index >= 15 is 0 Å². The number of esters is 1. The van der Waals surface area contributed by atoms with Crippen LogP contribution in [0.3, 0.4) is 0 Å². The Morgan fingerprint density at radius 3 is 2.00 bits per heavy atom. The Morgan fingerprint density at radius 2 is 2.00 bits per heavy atom. The van der Waals surface area contributed by atoms with E-state index in [0.717, 1.165) is 0 Å². The zero-order valence-corrected chi connectivity index (χ0v) is 7.39. The first-order chi connectivity index (χ1) is 3.77. The maximum absolute atomic E-state index is 9.82. The summed E-state index contributed by atoms with van der Waals surface area (Å²) in [4.78, 5) is 9.82. The Morgan fingerprint density at radius 1 is 1.62 bits per heavy atom. The van der Waals surface area contributed by atoms with Crippen molar-refractivity contribution in [2.45, 2.75) is 13.8 Å². The van der Waals surface area contributed by atoms with Crippen molar-refractivity contribution in [2.75, 3.05) is 6.61 Å². The number of rotatable bonds is 1. The maximum atomic E-state index is 9.82. The quantitative estimate of drug-likeness (QED) is 0.571. The van der Waals surface area contributed by atoms with Crippen LogP contribution in [-0.4, -0.2) is 12.6 Å². The van der Waals surface area contributed by atoms with Gasteiger partial charge in [0.15, 0.2) is 0 Å². The van der Waals surface area contributed by atoms with Crippen molar-refractivity contribution in [3.63, 3.8) is 0 Å². The molecule has 0 saturated carbocycles. The summed E-state index contributed by atoms with van der Waals surface area (Å²) in [5, 5.41) is 0. The minimum atomic E-state index is -0.211. The third kappa shape index (κ3) is 16.4. The van der Waals surface area contributed by atoms with Crippen LogP contribution in [0.5, 0.6) is 0 Å². The van der Waals surface area contributed by atoms with Crippen molar-refractivity contribution >= 4 is 5.97 Å². The van der Waals surface area contributed by atoms with Crippen LogP contribution in [0, 0.1) is 0 Å². The summed E-state index contributed by atoms with van der Waals surface area (Å²) in [5.74, 6) is -0.211. The first-order valence-electron chi connectivity index (χ1n) is 2.11. The van der Waals surface area contributed by atoms with Crippen LogP contribution in [-0.2, 0) is 37.1 Å². The number of hydrogen-bond donors (Lipinski definition) is 0. The monoisotopic (exact) mass is 194 g/mol. The van der Waals surface area contributed by atoms with Crippen molar-refractivity contribution in [3.8, 4) is 0 Å². The molecule has 4 heteroatoms. The molecule has 46 valence electrons. The molecule has 0 N–H and O–H groups in total. The first-order valence-corrected chi connectivity index (χ1v) is 3.11. The summed E-state index contributed by atoms with van der Waals surface area (Å²) < 4.78 is 12.7. The second-order valence-corrected chi connectivity index (χ2v) is 0.925. The third-order valence-corrected chi connectivity index (χ3v) is 0.348. The van der Waals surface area contributed by atoms with E-state index in [1.54, 1.807) is 6.92 Å². The average Bonchev–Trinajstić information content (AvgIpc) is 1.72. The molecule has 8 heavy (non-hydrogen) atoms. The van der Waals surface area contributed by atoms with Gasteiger partial charge < -0.3 is 4.74 Å². The summed E-state index contributed by atoms with van der Waals surface area (Å²) in [6, 6.07) is 0. The Hall–Kier alpha value is 0.153. The molecule has 0 aliphatic carbocycles. The number of hydrogen-bond acceptors (Lipinski definition) is 3. The molecule has 0 aromatic heterocycles. The molecule has 0 amide bonds. The summed E-state index contributed by atoms with van der Waals surface area (Å²) >= 11 is 0.300. The van der Waals surface area contributed by atoms with Gasteiger partial charge in [0.05, 0.1) is 6.61 Å². The van der Waals surface area contributed by atoms with Gasteiger partial charge in [-0.15, -0.1) is 0 Å². The van der Waals surface area contributed by atoms with Crippen molar-refractivity contribution < 1.29 is 37.1 Å². The van der Waals surface area contributed by atoms with E-state index in [1.165, 1.54) is 6.92 Å². The summed E-state index contributed by atoms with van der Waals surface area (Å²) in [6.45, 7) is 3.65. The van der Waals surface area contributed by atoms with Crippen LogP contribution in [0.1, 0.15) is 13.8 Å². The summed E-state index contributed by atoms with van der Waals surface area (Å²) in [6.07, 6.45) is 0. The second kappa shape index (κ2) is 10.2. The molecule has 0 unspecified atom stereocenters. The fourth-order valence-electron chi connectivity index (χ4n) is 0.203. The minimum absolute atomic E-state index is 0.211. The van der Waals surface area contributed by atoms with Crippen LogP contribution >= 0.6 is 0 Å². The van der Waals surface area contributed by atoms with E-state index in [4.69, 9.17) is 2.81 Å². The van der Waals surface area contributed by atoms with E-state index < -0.39 is 0 Å². The summed E-state index contributed by atoms with van der Waals surface area (Å²) in [5.41, 5.74) is 0. The molecule has 0 radical (unpaired) electrons. The molecule has 0 saturated heterocycles. The average molecular weight is 195 g/mol. The van der Waals surface area contributed by atoms with E-state index in [-0.39, 0.29) is 5.97 Å². The van der Waals surface area contributed by atoms with Gasteiger partial charge in [0, 0.05) is 6.92 Å². The molecule has 3 nitrogen and oxygen atoms in total. The van der Waals surface area contributed by atoms with E-state index in [0.29, 0.717) is 31.3 Å². The van der Waals surface area contributed by atoms with E-state index in [2.05, 4.69) is 4.74 Å². The van der Waals surface area contributed by atoms with E-state index in [1.807, 2.05) is 0 Å². The molecule has 0 bridgehead atoms. The molecule has 0 rings (SSSR count). The van der Waals surface area contributed by atoms with Crippen LogP contribution in [0.4, 0.5) is 0 Å². The Labute approximate surface area is 63.7 Å². The van der Waals surface area contributed by atoms with Gasteiger partial charge in [-0.05, 0) is 6.92 Å². The van der Waals surface area contributed by atoms with Crippen molar-refractivity contribution in [1.82, 2.24) is 0 Å². The SMILES string of the molecule is CCOC(C)=O.[O]=[Zr]. The molecule has 0 fully saturated rings. The van der Waals surface area contributed by atoms with Crippen molar-refractivity contribution in [1.29, 1.82) is 0 Å². The second-order valence-electron chi connectivity index (χ2n) is 0.925. The molecule has 0 atom stereocenters. The molecular weight excluding hydrogens is 187 g/mol. The van der Waals surface area contributed by atoms with Gasteiger partial charge in [0.25, 0.3) is 0 Å². The van der Waals surface area contributed by atoms with Gasteiger partial charge in [-0.25, -0.2) is 0 Å². The van der Waals surface area contributed by atoms with Gasteiger partial charge in [0.1, 0.15) is 0 Å². The van der Waals surface area contributed by atoms with Crippen LogP contribution in [0.15, 0.2) is 0 Å². The topological polar surface area (TPSA) is 43.4 Å².